The highest BCUT2D eigenvalue weighted by Gasteiger charge is 2.27. The molecule has 0 aliphatic carbocycles. The largest absolute Gasteiger partial charge is 0.497 e. The van der Waals surface area contributed by atoms with Crippen molar-refractivity contribution in [3.63, 3.8) is 0 Å². The Balaban J connectivity index is 1.76. The van der Waals surface area contributed by atoms with Crippen LogP contribution in [-0.2, 0) is 0 Å². The van der Waals surface area contributed by atoms with Gasteiger partial charge >= 0.3 is 0 Å². The van der Waals surface area contributed by atoms with Gasteiger partial charge in [-0.05, 0) is 24.6 Å². The third-order valence-corrected chi connectivity index (χ3v) is 5.77. The van der Waals surface area contributed by atoms with Crippen LogP contribution in [0, 0.1) is 6.92 Å². The number of carbonyl (C=O) groups excluding carboxylic acids is 1. The van der Waals surface area contributed by atoms with Crippen molar-refractivity contribution >= 4 is 22.8 Å². The molecule has 4 nitrogen and oxygen atoms in total. The lowest BCUT2D eigenvalue weighted by Crippen LogP contribution is -2.21. The molecule has 1 aromatic heterocycles. The minimum atomic E-state index is -0.541. The molecule has 150 valence electrons. The molecule has 0 saturated carbocycles. The van der Waals surface area contributed by atoms with E-state index in [0.29, 0.717) is 4.88 Å². The molecule has 4 aromatic rings. The van der Waals surface area contributed by atoms with E-state index in [1.807, 2.05) is 91.9 Å². The summed E-state index contributed by atoms with van der Waals surface area (Å²) in [5.74, 6) is 0.728. The molecule has 0 radical (unpaired) electrons. The number of nitrogens with one attached hydrogen (secondary N) is 1. The zero-order chi connectivity index (χ0) is 20.9. The minimum absolute atomic E-state index is 0.00604. The van der Waals surface area contributed by atoms with Crippen LogP contribution in [0.4, 0.5) is 5.69 Å². The molecule has 4 rings (SSSR count). The quantitative estimate of drug-likeness (QED) is 0.368. The number of ketones is 1. The van der Waals surface area contributed by atoms with E-state index in [1.165, 1.54) is 11.3 Å². The summed E-state index contributed by atoms with van der Waals surface area (Å²) >= 11 is 1.43. The second kappa shape index (κ2) is 8.93. The Labute approximate surface area is 180 Å². The average Bonchev–Trinajstić information content (AvgIpc) is 3.20. The first kappa shape index (κ1) is 19.9. The smallest absolute Gasteiger partial charge is 0.201 e. The van der Waals surface area contributed by atoms with E-state index in [-0.39, 0.29) is 5.78 Å². The average molecular weight is 415 g/mol. The summed E-state index contributed by atoms with van der Waals surface area (Å²) in [5.41, 5.74) is 3.39. The van der Waals surface area contributed by atoms with Gasteiger partial charge < -0.3 is 10.1 Å². The summed E-state index contributed by atoms with van der Waals surface area (Å²) in [4.78, 5) is 19.1. The molecule has 0 bridgehead atoms. The van der Waals surface area contributed by atoms with Crippen LogP contribution in [0.3, 0.4) is 0 Å². The number of thiazole rings is 1. The van der Waals surface area contributed by atoms with Gasteiger partial charge in [0, 0.05) is 17.3 Å². The fourth-order valence-electron chi connectivity index (χ4n) is 3.34. The maximum atomic E-state index is 13.8. The summed E-state index contributed by atoms with van der Waals surface area (Å²) in [7, 11) is 1.63. The molecular formula is C25H22N2O2S. The zero-order valence-corrected chi connectivity index (χ0v) is 17.6. The van der Waals surface area contributed by atoms with E-state index < -0.39 is 6.04 Å². The van der Waals surface area contributed by atoms with Crippen LogP contribution in [-0.4, -0.2) is 17.9 Å². The fourth-order valence-corrected chi connectivity index (χ4v) is 4.25. The number of methoxy groups -OCH3 is 1. The van der Waals surface area contributed by atoms with Gasteiger partial charge in [-0.2, -0.15) is 0 Å². The summed E-state index contributed by atoms with van der Waals surface area (Å²) in [6.45, 7) is 1.93. The molecule has 1 atom stereocenters. The van der Waals surface area contributed by atoms with Crippen LogP contribution < -0.4 is 10.1 Å². The van der Waals surface area contributed by atoms with Crippen molar-refractivity contribution in [2.24, 2.45) is 0 Å². The van der Waals surface area contributed by atoms with Crippen LogP contribution in [0.25, 0.3) is 11.3 Å². The Morgan fingerprint density at radius 3 is 2.37 bits per heavy atom. The van der Waals surface area contributed by atoms with Crippen molar-refractivity contribution in [3.05, 3.63) is 100 Å². The minimum Gasteiger partial charge on any atom is -0.497 e. The molecule has 0 aliphatic rings. The Hall–Kier alpha value is -3.44. The maximum absolute atomic E-state index is 13.8. The highest BCUT2D eigenvalue weighted by atomic mass is 32.1. The van der Waals surface area contributed by atoms with E-state index in [1.54, 1.807) is 7.11 Å². The molecule has 5 heteroatoms. The van der Waals surface area contributed by atoms with Crippen LogP contribution >= 0.6 is 11.3 Å². The molecule has 1 N–H and O–H groups in total. The van der Waals surface area contributed by atoms with Crippen molar-refractivity contribution in [1.82, 2.24) is 4.98 Å². The lowest BCUT2D eigenvalue weighted by Gasteiger charge is -2.19. The Morgan fingerprint density at radius 2 is 1.67 bits per heavy atom. The summed E-state index contributed by atoms with van der Waals surface area (Å²) in [5, 5.41) is 4.27. The maximum Gasteiger partial charge on any atom is 0.201 e. The molecule has 0 aliphatic heterocycles. The van der Waals surface area contributed by atoms with Crippen molar-refractivity contribution in [2.75, 3.05) is 12.4 Å². The Kier molecular flexibility index (Phi) is 5.91. The van der Waals surface area contributed by atoms with Gasteiger partial charge in [-0.1, -0.05) is 66.7 Å². The van der Waals surface area contributed by atoms with Crippen LogP contribution in [0.15, 0.2) is 84.9 Å². The number of hydrogen-bond acceptors (Lipinski definition) is 5. The Bertz CT molecular complexity index is 1140. The van der Waals surface area contributed by atoms with E-state index in [4.69, 9.17) is 4.74 Å². The molecule has 3 aromatic carbocycles. The normalized spacial score (nSPS) is 11.7. The Morgan fingerprint density at radius 1 is 0.967 bits per heavy atom. The van der Waals surface area contributed by atoms with Gasteiger partial charge in [0.15, 0.2) is 0 Å². The van der Waals surface area contributed by atoms with E-state index >= 15 is 0 Å². The SMILES string of the molecule is COc1cccc(NC(C(=O)c2sc(C)nc2-c2ccccc2)c2ccccc2)c1. The number of aryl methyl sites for hydroxylation is 1. The first-order valence-electron chi connectivity index (χ1n) is 9.68. The number of carbonyl (C=O) groups is 1. The van der Waals surface area contributed by atoms with E-state index in [9.17, 15) is 4.79 Å². The topological polar surface area (TPSA) is 51.2 Å². The number of ether oxygens (including phenoxy) is 1. The molecule has 0 saturated heterocycles. The van der Waals surface area contributed by atoms with Crippen molar-refractivity contribution in [3.8, 4) is 17.0 Å². The second-order valence-electron chi connectivity index (χ2n) is 6.86. The van der Waals surface area contributed by atoms with Crippen molar-refractivity contribution < 1.29 is 9.53 Å². The fraction of sp³-hybridized carbons (Fsp3) is 0.120. The molecule has 0 fully saturated rings. The third kappa shape index (κ3) is 4.26. The first-order valence-corrected chi connectivity index (χ1v) is 10.5. The van der Waals surface area contributed by atoms with Gasteiger partial charge in [0.2, 0.25) is 5.78 Å². The highest BCUT2D eigenvalue weighted by molar-refractivity contribution is 7.14. The summed E-state index contributed by atoms with van der Waals surface area (Å²) in [6, 6.07) is 26.7. The summed E-state index contributed by atoms with van der Waals surface area (Å²) in [6.07, 6.45) is 0. The standard InChI is InChI=1S/C25H22N2O2S/c1-17-26-23(19-12-7-4-8-13-19)25(30-17)24(28)22(18-10-5-3-6-11-18)27-20-14-9-15-21(16-20)29-2/h3-16,22,27H,1-2H3. The predicted octanol–water partition coefficient (Wildman–Crippen LogP) is 6.16. The molecule has 30 heavy (non-hydrogen) atoms. The molecule has 0 spiro atoms. The molecule has 0 amide bonds. The van der Waals surface area contributed by atoms with Crippen LogP contribution in [0.2, 0.25) is 0 Å². The highest BCUT2D eigenvalue weighted by Crippen LogP contribution is 2.33. The number of anilines is 1. The van der Waals surface area contributed by atoms with Gasteiger partial charge in [-0.15, -0.1) is 11.3 Å². The molecular weight excluding hydrogens is 392 g/mol. The van der Waals surface area contributed by atoms with Gasteiger partial charge in [0.05, 0.1) is 17.8 Å². The van der Waals surface area contributed by atoms with Crippen molar-refractivity contribution in [2.45, 2.75) is 13.0 Å². The van der Waals surface area contributed by atoms with E-state index in [0.717, 1.165) is 33.3 Å². The number of aromatic nitrogens is 1. The lowest BCUT2D eigenvalue weighted by molar-refractivity contribution is 0.0974. The lowest BCUT2D eigenvalue weighted by atomic mass is 9.99. The number of benzene rings is 3. The van der Waals surface area contributed by atoms with Crippen molar-refractivity contribution in [1.29, 1.82) is 0 Å². The third-order valence-electron chi connectivity index (χ3n) is 4.78. The number of Topliss-reactive ketones (excluding diaryl/α,β-unsaturated/α-hetero) is 1. The molecule has 1 heterocycles. The van der Waals surface area contributed by atoms with Gasteiger partial charge in [-0.3, -0.25) is 4.79 Å². The van der Waals surface area contributed by atoms with Gasteiger partial charge in [-0.25, -0.2) is 4.98 Å². The van der Waals surface area contributed by atoms with Gasteiger partial charge in [0.25, 0.3) is 0 Å². The van der Waals surface area contributed by atoms with Gasteiger partial charge in [0.1, 0.15) is 16.7 Å². The monoisotopic (exact) mass is 414 g/mol. The number of hydrogen-bond donors (Lipinski definition) is 1. The summed E-state index contributed by atoms with van der Waals surface area (Å²) < 4.78 is 5.33. The molecule has 1 unspecified atom stereocenters. The second-order valence-corrected chi connectivity index (χ2v) is 8.06. The first-order chi connectivity index (χ1) is 14.7. The van der Waals surface area contributed by atoms with E-state index in [2.05, 4.69) is 10.3 Å². The van der Waals surface area contributed by atoms with Crippen LogP contribution in [0.1, 0.15) is 26.3 Å². The van der Waals surface area contributed by atoms with Crippen LogP contribution in [0.5, 0.6) is 5.75 Å². The number of rotatable bonds is 7. The number of nitrogens with zero attached hydrogens (tertiary/aromatic N) is 1. The predicted molar refractivity (Wildman–Crippen MR) is 122 cm³/mol. The zero-order valence-electron chi connectivity index (χ0n) is 16.8.